The van der Waals surface area contributed by atoms with Gasteiger partial charge < -0.3 is 25.2 Å². The van der Waals surface area contributed by atoms with E-state index >= 15 is 0 Å². The fourth-order valence-electron chi connectivity index (χ4n) is 3.21. The van der Waals surface area contributed by atoms with Gasteiger partial charge in [0.1, 0.15) is 17.2 Å². The van der Waals surface area contributed by atoms with Crippen molar-refractivity contribution >= 4 is 17.3 Å². The summed E-state index contributed by atoms with van der Waals surface area (Å²) in [7, 11) is 0. The minimum Gasteiger partial charge on any atom is -0.506 e. The number of fused-ring (bicyclic) bond motifs is 1. The van der Waals surface area contributed by atoms with Crippen molar-refractivity contribution in [3.8, 4) is 17.2 Å². The van der Waals surface area contributed by atoms with Crippen LogP contribution in [-0.4, -0.2) is 29.8 Å². The molecule has 0 saturated heterocycles. The van der Waals surface area contributed by atoms with Gasteiger partial charge in [0.25, 0.3) is 5.91 Å². The van der Waals surface area contributed by atoms with Gasteiger partial charge in [0.15, 0.2) is 12.4 Å². The Balaban J connectivity index is 1.69. The molecule has 0 radical (unpaired) electrons. The molecule has 0 fully saturated rings. The number of anilines is 2. The lowest BCUT2D eigenvalue weighted by atomic mass is 9.94. The first-order valence-electron chi connectivity index (χ1n) is 9.66. The van der Waals surface area contributed by atoms with E-state index in [4.69, 9.17) is 9.47 Å². The highest BCUT2D eigenvalue weighted by Gasteiger charge is 2.26. The molecule has 1 heterocycles. The Morgan fingerprint density at radius 3 is 2.68 bits per heavy atom. The molecule has 0 spiro atoms. The maximum absolute atomic E-state index is 11.5. The maximum atomic E-state index is 11.5. The van der Waals surface area contributed by atoms with Crippen molar-refractivity contribution in [2.75, 3.05) is 23.8 Å². The Morgan fingerprint density at radius 1 is 1.21 bits per heavy atom. The minimum atomic E-state index is -0.278. The van der Waals surface area contributed by atoms with Crippen molar-refractivity contribution in [2.45, 2.75) is 45.6 Å². The number of phenolic OH excluding ortho intramolecular Hbond substituents is 1. The second kappa shape index (κ2) is 8.42. The van der Waals surface area contributed by atoms with Crippen molar-refractivity contribution in [2.24, 2.45) is 0 Å². The van der Waals surface area contributed by atoms with Crippen LogP contribution >= 0.6 is 0 Å². The van der Waals surface area contributed by atoms with Crippen LogP contribution in [-0.2, 0) is 11.2 Å². The average molecular weight is 384 g/mol. The third-order valence-electron chi connectivity index (χ3n) is 4.56. The van der Waals surface area contributed by atoms with Gasteiger partial charge in [-0.05, 0) is 56.5 Å². The van der Waals surface area contributed by atoms with Gasteiger partial charge in [0.2, 0.25) is 0 Å². The molecular weight excluding hydrogens is 356 g/mol. The maximum Gasteiger partial charge on any atom is 0.262 e. The molecule has 2 aromatic rings. The molecule has 0 bridgehead atoms. The van der Waals surface area contributed by atoms with Crippen molar-refractivity contribution in [1.82, 2.24) is 0 Å². The van der Waals surface area contributed by atoms with E-state index in [1.807, 2.05) is 12.1 Å². The van der Waals surface area contributed by atoms with Gasteiger partial charge in [0, 0.05) is 5.54 Å². The lowest BCUT2D eigenvalue weighted by Gasteiger charge is -2.30. The van der Waals surface area contributed by atoms with Crippen molar-refractivity contribution in [1.29, 1.82) is 0 Å². The SMILES string of the molecule is CCCCOc1ccc(CC(C)(C)Nc2ccc(O)c3c2OCC(=O)N3)cc1. The smallest absolute Gasteiger partial charge is 0.262 e. The normalized spacial score (nSPS) is 13.3. The number of carbonyl (C=O) groups is 1. The molecule has 0 unspecified atom stereocenters. The zero-order chi connectivity index (χ0) is 20.1. The third-order valence-corrected chi connectivity index (χ3v) is 4.56. The highest BCUT2D eigenvalue weighted by molar-refractivity contribution is 5.99. The van der Waals surface area contributed by atoms with E-state index in [-0.39, 0.29) is 23.8 Å². The summed E-state index contributed by atoms with van der Waals surface area (Å²) in [6, 6.07) is 11.5. The first-order valence-corrected chi connectivity index (χ1v) is 9.66. The number of rotatable bonds is 8. The van der Waals surface area contributed by atoms with Crippen LogP contribution in [0.4, 0.5) is 11.4 Å². The van der Waals surface area contributed by atoms with Gasteiger partial charge in [-0.1, -0.05) is 25.5 Å². The molecule has 150 valence electrons. The third kappa shape index (κ3) is 4.88. The number of hydrogen-bond donors (Lipinski definition) is 3. The molecule has 28 heavy (non-hydrogen) atoms. The van der Waals surface area contributed by atoms with E-state index in [0.717, 1.165) is 37.3 Å². The number of aromatic hydroxyl groups is 1. The zero-order valence-corrected chi connectivity index (χ0v) is 16.7. The Morgan fingerprint density at radius 2 is 1.96 bits per heavy atom. The van der Waals surface area contributed by atoms with Crippen molar-refractivity contribution in [3.63, 3.8) is 0 Å². The number of carbonyl (C=O) groups excluding carboxylic acids is 1. The van der Waals surface area contributed by atoms with E-state index in [1.165, 1.54) is 5.56 Å². The van der Waals surface area contributed by atoms with Gasteiger partial charge in [-0.3, -0.25) is 4.79 Å². The number of phenols is 1. The number of amides is 1. The lowest BCUT2D eigenvalue weighted by Crippen LogP contribution is -2.34. The summed E-state index contributed by atoms with van der Waals surface area (Å²) >= 11 is 0. The number of unbranched alkanes of at least 4 members (excludes halogenated alkanes) is 1. The van der Waals surface area contributed by atoms with Crippen LogP contribution in [0.5, 0.6) is 17.2 Å². The molecule has 1 amide bonds. The molecule has 0 aliphatic carbocycles. The molecule has 3 N–H and O–H groups in total. The van der Waals surface area contributed by atoms with E-state index in [9.17, 15) is 9.90 Å². The van der Waals surface area contributed by atoms with Crippen LogP contribution in [0, 0.1) is 0 Å². The molecule has 0 aromatic heterocycles. The Bertz CT molecular complexity index is 831. The largest absolute Gasteiger partial charge is 0.506 e. The van der Waals surface area contributed by atoms with Gasteiger partial charge in [-0.25, -0.2) is 0 Å². The number of benzene rings is 2. The monoisotopic (exact) mass is 384 g/mol. The topological polar surface area (TPSA) is 79.8 Å². The molecule has 6 heteroatoms. The van der Waals surface area contributed by atoms with Crippen LogP contribution in [0.2, 0.25) is 0 Å². The van der Waals surface area contributed by atoms with Crippen LogP contribution in [0.25, 0.3) is 0 Å². The number of nitrogens with one attached hydrogen (secondary N) is 2. The van der Waals surface area contributed by atoms with E-state index in [2.05, 4.69) is 43.5 Å². The summed E-state index contributed by atoms with van der Waals surface area (Å²) in [5.74, 6) is 1.07. The minimum absolute atomic E-state index is 0.00920. The molecule has 6 nitrogen and oxygen atoms in total. The first-order chi connectivity index (χ1) is 13.4. The second-order valence-corrected chi connectivity index (χ2v) is 7.70. The lowest BCUT2D eigenvalue weighted by molar-refractivity contribution is -0.118. The van der Waals surface area contributed by atoms with E-state index in [0.29, 0.717) is 11.4 Å². The molecule has 1 aliphatic heterocycles. The summed E-state index contributed by atoms with van der Waals surface area (Å²) in [5.41, 5.74) is 1.95. The van der Waals surface area contributed by atoms with Crippen LogP contribution in [0.15, 0.2) is 36.4 Å². The van der Waals surface area contributed by atoms with Gasteiger partial charge in [0.05, 0.1) is 12.3 Å². The Labute approximate surface area is 165 Å². The zero-order valence-electron chi connectivity index (χ0n) is 16.7. The van der Waals surface area contributed by atoms with Crippen LogP contribution < -0.4 is 20.1 Å². The molecule has 1 aliphatic rings. The average Bonchev–Trinajstić information content (AvgIpc) is 2.65. The standard InChI is InChI=1S/C22H28N2O4/c1-4-5-12-27-16-8-6-15(7-9-16)13-22(2,3)24-17-10-11-18(25)20-21(17)28-14-19(26)23-20/h6-11,24-25H,4-5,12-14H2,1-3H3,(H,23,26). The molecular formula is C22H28N2O4. The quantitative estimate of drug-likeness (QED) is 0.358. The molecule has 2 aromatic carbocycles. The first kappa shape index (κ1) is 19.9. The number of ether oxygens (including phenoxy) is 2. The van der Waals surface area contributed by atoms with E-state index < -0.39 is 0 Å². The molecule has 0 atom stereocenters. The Kier molecular flexibility index (Phi) is 5.97. The summed E-state index contributed by atoms with van der Waals surface area (Å²) in [6.45, 7) is 7.01. The second-order valence-electron chi connectivity index (χ2n) is 7.70. The fourth-order valence-corrected chi connectivity index (χ4v) is 3.21. The number of hydrogen-bond acceptors (Lipinski definition) is 5. The van der Waals surface area contributed by atoms with Crippen molar-refractivity contribution in [3.05, 3.63) is 42.0 Å². The summed E-state index contributed by atoms with van der Waals surface area (Å²) in [5, 5.41) is 16.1. The van der Waals surface area contributed by atoms with Gasteiger partial charge >= 0.3 is 0 Å². The fraction of sp³-hybridized carbons (Fsp3) is 0.409. The highest BCUT2D eigenvalue weighted by atomic mass is 16.5. The van der Waals surface area contributed by atoms with Gasteiger partial charge in [-0.2, -0.15) is 0 Å². The van der Waals surface area contributed by atoms with Crippen molar-refractivity contribution < 1.29 is 19.4 Å². The summed E-state index contributed by atoms with van der Waals surface area (Å²) in [4.78, 5) is 11.5. The van der Waals surface area contributed by atoms with Crippen LogP contribution in [0.1, 0.15) is 39.2 Å². The Hall–Kier alpha value is -2.89. The highest BCUT2D eigenvalue weighted by Crippen LogP contribution is 2.43. The van der Waals surface area contributed by atoms with Gasteiger partial charge in [-0.15, -0.1) is 0 Å². The van der Waals surface area contributed by atoms with Crippen LogP contribution in [0.3, 0.4) is 0 Å². The van der Waals surface area contributed by atoms with E-state index in [1.54, 1.807) is 12.1 Å². The summed E-state index contributed by atoms with van der Waals surface area (Å²) in [6.07, 6.45) is 2.95. The predicted octanol–water partition coefficient (Wildman–Crippen LogP) is 4.34. The molecule has 0 saturated carbocycles. The summed E-state index contributed by atoms with van der Waals surface area (Å²) < 4.78 is 11.3. The predicted molar refractivity (Wildman–Crippen MR) is 110 cm³/mol. The molecule has 3 rings (SSSR count).